The fourth-order valence-electron chi connectivity index (χ4n) is 3.21. The van der Waals surface area contributed by atoms with Crippen molar-refractivity contribution in [3.05, 3.63) is 59.9 Å². The first-order chi connectivity index (χ1) is 11.7. The summed E-state index contributed by atoms with van der Waals surface area (Å²) in [6.07, 6.45) is 4.03. The largest absolute Gasteiger partial charge is 0.384 e. The number of nitrogens with zero attached hydrogens (tertiary/aromatic N) is 1. The monoisotopic (exact) mass is 318 g/mol. The summed E-state index contributed by atoms with van der Waals surface area (Å²) in [5.74, 6) is 0.635. The minimum absolute atomic E-state index is 0.180. The van der Waals surface area contributed by atoms with Crippen molar-refractivity contribution in [3.63, 3.8) is 0 Å². The lowest BCUT2D eigenvalue weighted by atomic mass is 9.95. The van der Waals surface area contributed by atoms with Crippen LogP contribution in [0.4, 0.5) is 17.2 Å². The average Bonchev–Trinajstić information content (AvgIpc) is 2.96. The van der Waals surface area contributed by atoms with Crippen molar-refractivity contribution < 1.29 is 4.79 Å². The number of nitrogens with two attached hydrogens (primary N) is 1. The van der Waals surface area contributed by atoms with E-state index >= 15 is 0 Å². The number of carbonyl (C=O) groups is 1. The molecule has 24 heavy (non-hydrogen) atoms. The Bertz CT molecular complexity index is 899. The molecule has 5 nitrogen and oxygen atoms in total. The Morgan fingerprint density at radius 3 is 2.75 bits per heavy atom. The normalized spacial score (nSPS) is 13.6. The summed E-state index contributed by atoms with van der Waals surface area (Å²) in [5.41, 5.74) is 11.2. The summed E-state index contributed by atoms with van der Waals surface area (Å²) >= 11 is 0. The minimum Gasteiger partial charge on any atom is -0.384 e. The first-order valence-electron chi connectivity index (χ1n) is 8.04. The highest BCUT2D eigenvalue weighted by Crippen LogP contribution is 2.38. The van der Waals surface area contributed by atoms with E-state index in [1.165, 1.54) is 0 Å². The molecule has 2 heterocycles. The van der Waals surface area contributed by atoms with E-state index in [0.29, 0.717) is 12.2 Å². The van der Waals surface area contributed by atoms with Crippen LogP contribution in [0.1, 0.15) is 28.9 Å². The van der Waals surface area contributed by atoms with E-state index in [4.69, 9.17) is 5.73 Å². The Hall–Kier alpha value is -3.08. The van der Waals surface area contributed by atoms with Gasteiger partial charge in [0.2, 0.25) is 0 Å². The second-order valence-electron chi connectivity index (χ2n) is 5.97. The topological polar surface area (TPSA) is 83.8 Å². The fraction of sp³-hybridized carbons (Fsp3) is 0.158. The van der Waals surface area contributed by atoms with Gasteiger partial charge in [-0.25, -0.2) is 4.98 Å². The zero-order valence-electron chi connectivity index (χ0n) is 13.2. The number of aromatic amines is 1. The Labute approximate surface area is 139 Å². The molecule has 120 valence electrons. The number of hydrogen-bond donors (Lipinski definition) is 3. The molecule has 3 aromatic rings. The van der Waals surface area contributed by atoms with E-state index in [0.717, 1.165) is 46.7 Å². The van der Waals surface area contributed by atoms with Crippen molar-refractivity contribution >= 4 is 23.0 Å². The van der Waals surface area contributed by atoms with Crippen LogP contribution in [0.5, 0.6) is 0 Å². The van der Waals surface area contributed by atoms with E-state index in [1.54, 1.807) is 6.20 Å². The van der Waals surface area contributed by atoms with Crippen LogP contribution in [0.3, 0.4) is 0 Å². The maximum atomic E-state index is 12.5. The van der Waals surface area contributed by atoms with Crippen molar-refractivity contribution in [2.75, 3.05) is 11.1 Å². The van der Waals surface area contributed by atoms with Gasteiger partial charge in [0.25, 0.3) is 0 Å². The second kappa shape index (κ2) is 5.85. The number of hydrogen-bond acceptors (Lipinski definition) is 4. The first-order valence-corrected chi connectivity index (χ1v) is 8.04. The number of benzene rings is 1. The molecule has 0 saturated heterocycles. The zero-order chi connectivity index (χ0) is 16.5. The predicted octanol–water partition coefficient (Wildman–Crippen LogP) is 3.92. The molecule has 0 amide bonds. The van der Waals surface area contributed by atoms with E-state index < -0.39 is 0 Å². The number of nitrogens with one attached hydrogen (secondary N) is 2. The molecule has 0 fully saturated rings. The lowest BCUT2D eigenvalue weighted by Gasteiger charge is -2.13. The van der Waals surface area contributed by atoms with Crippen LogP contribution >= 0.6 is 0 Å². The van der Waals surface area contributed by atoms with Gasteiger partial charge in [0.15, 0.2) is 5.78 Å². The molecule has 0 atom stereocenters. The fourth-order valence-corrected chi connectivity index (χ4v) is 3.21. The van der Waals surface area contributed by atoms with Crippen LogP contribution in [0.15, 0.2) is 48.7 Å². The van der Waals surface area contributed by atoms with Crippen molar-refractivity contribution in [1.29, 1.82) is 0 Å². The maximum Gasteiger partial charge on any atom is 0.166 e. The van der Waals surface area contributed by atoms with Crippen molar-refractivity contribution in [2.24, 2.45) is 0 Å². The summed E-state index contributed by atoms with van der Waals surface area (Å²) in [6, 6.07) is 13.6. The number of aromatic nitrogens is 2. The SMILES string of the molecule is Nc1cc(-c2[nH]c3c(c2Nc2ccccc2)C(=O)CCC3)ccn1. The molecule has 1 aliphatic carbocycles. The second-order valence-corrected chi connectivity index (χ2v) is 5.97. The summed E-state index contributed by atoms with van der Waals surface area (Å²) < 4.78 is 0. The van der Waals surface area contributed by atoms with Crippen molar-refractivity contribution in [3.8, 4) is 11.3 Å². The third-order valence-corrected chi connectivity index (χ3v) is 4.30. The van der Waals surface area contributed by atoms with Gasteiger partial charge in [0, 0.05) is 29.6 Å². The highest BCUT2D eigenvalue weighted by molar-refractivity contribution is 6.07. The van der Waals surface area contributed by atoms with Crippen LogP contribution < -0.4 is 11.1 Å². The molecular weight excluding hydrogens is 300 g/mol. The quantitative estimate of drug-likeness (QED) is 0.683. The number of aryl methyl sites for hydroxylation is 1. The summed E-state index contributed by atoms with van der Waals surface area (Å²) in [4.78, 5) is 20.0. The maximum absolute atomic E-state index is 12.5. The van der Waals surface area contributed by atoms with Gasteiger partial charge in [-0.2, -0.15) is 0 Å². The van der Waals surface area contributed by atoms with Gasteiger partial charge in [-0.3, -0.25) is 4.79 Å². The average molecular weight is 318 g/mol. The Kier molecular flexibility index (Phi) is 3.54. The van der Waals surface area contributed by atoms with Gasteiger partial charge < -0.3 is 16.0 Å². The Morgan fingerprint density at radius 1 is 1.12 bits per heavy atom. The lowest BCUT2D eigenvalue weighted by molar-refractivity contribution is 0.0973. The molecule has 1 aliphatic rings. The number of Topliss-reactive ketones (excluding diaryl/α,β-unsaturated/α-hetero) is 1. The Balaban J connectivity index is 1.88. The van der Waals surface area contributed by atoms with Crippen molar-refractivity contribution in [2.45, 2.75) is 19.3 Å². The third kappa shape index (κ3) is 2.54. The van der Waals surface area contributed by atoms with Gasteiger partial charge in [-0.15, -0.1) is 0 Å². The van der Waals surface area contributed by atoms with E-state index in [9.17, 15) is 4.79 Å². The molecule has 5 heteroatoms. The van der Waals surface area contributed by atoms with E-state index in [2.05, 4.69) is 15.3 Å². The number of fused-ring (bicyclic) bond motifs is 1. The number of rotatable bonds is 3. The number of nitrogen functional groups attached to an aromatic ring is 1. The van der Waals surface area contributed by atoms with Crippen molar-refractivity contribution in [1.82, 2.24) is 9.97 Å². The molecule has 0 spiro atoms. The molecule has 0 radical (unpaired) electrons. The number of para-hydroxylation sites is 1. The third-order valence-electron chi connectivity index (χ3n) is 4.30. The van der Waals surface area contributed by atoms with Crippen LogP contribution in [-0.2, 0) is 6.42 Å². The summed E-state index contributed by atoms with van der Waals surface area (Å²) in [7, 11) is 0. The van der Waals surface area contributed by atoms with Crippen LogP contribution in [0, 0.1) is 0 Å². The number of pyridine rings is 1. The zero-order valence-corrected chi connectivity index (χ0v) is 13.2. The van der Waals surface area contributed by atoms with Gasteiger partial charge in [-0.05, 0) is 37.1 Å². The smallest absolute Gasteiger partial charge is 0.166 e. The molecule has 4 rings (SSSR count). The summed E-state index contributed by atoms with van der Waals surface area (Å²) in [6.45, 7) is 0. The number of H-pyrrole nitrogens is 1. The number of anilines is 3. The number of carbonyl (C=O) groups excluding carboxylic acids is 1. The van der Waals surface area contributed by atoms with Gasteiger partial charge >= 0.3 is 0 Å². The molecule has 2 aromatic heterocycles. The van der Waals surface area contributed by atoms with E-state index in [-0.39, 0.29) is 5.78 Å². The standard InChI is InChI=1S/C19H18N4O/c20-16-11-12(9-10-21-16)18-19(22-13-5-2-1-3-6-13)17-14(23-18)7-4-8-15(17)24/h1-3,5-6,9-11,22-23H,4,7-8H2,(H2,20,21). The van der Waals surface area contributed by atoms with E-state index in [1.807, 2.05) is 42.5 Å². The molecule has 0 unspecified atom stereocenters. The van der Waals surface area contributed by atoms with Crippen LogP contribution in [0.2, 0.25) is 0 Å². The summed E-state index contributed by atoms with van der Waals surface area (Å²) in [5, 5.41) is 3.42. The predicted molar refractivity (Wildman–Crippen MR) is 95.4 cm³/mol. The van der Waals surface area contributed by atoms with Crippen LogP contribution in [-0.4, -0.2) is 15.8 Å². The highest BCUT2D eigenvalue weighted by atomic mass is 16.1. The number of ketones is 1. The molecule has 1 aromatic carbocycles. The highest BCUT2D eigenvalue weighted by Gasteiger charge is 2.26. The molecule has 4 N–H and O–H groups in total. The van der Waals surface area contributed by atoms with Gasteiger partial charge in [-0.1, -0.05) is 18.2 Å². The first kappa shape index (κ1) is 14.5. The Morgan fingerprint density at radius 2 is 1.96 bits per heavy atom. The minimum atomic E-state index is 0.180. The van der Waals surface area contributed by atoms with Gasteiger partial charge in [0.05, 0.1) is 16.9 Å². The van der Waals surface area contributed by atoms with Crippen LogP contribution in [0.25, 0.3) is 11.3 Å². The molecular formula is C19H18N4O. The lowest BCUT2D eigenvalue weighted by Crippen LogP contribution is -2.10. The molecule has 0 saturated carbocycles. The molecule has 0 bridgehead atoms. The molecule has 0 aliphatic heterocycles. The van der Waals surface area contributed by atoms with Gasteiger partial charge in [0.1, 0.15) is 5.82 Å².